The minimum atomic E-state index is -0.372. The van der Waals surface area contributed by atoms with Crippen LogP contribution in [0.4, 0.5) is 0 Å². The Morgan fingerprint density at radius 1 is 1.25 bits per heavy atom. The maximum Gasteiger partial charge on any atom is 0.267 e. The lowest BCUT2D eigenvalue weighted by Gasteiger charge is -2.31. The van der Waals surface area contributed by atoms with Gasteiger partial charge in [0.2, 0.25) is 0 Å². The Balaban J connectivity index is 1.57. The molecule has 0 saturated carbocycles. The molecule has 0 radical (unpaired) electrons. The fraction of sp³-hybridized carbons (Fsp3) is 0.450. The second kappa shape index (κ2) is 8.46. The Morgan fingerprint density at radius 3 is 2.75 bits per heavy atom. The molecule has 0 bridgehead atoms. The molecule has 8 heteroatoms. The molecule has 4 rings (SSSR count). The van der Waals surface area contributed by atoms with Crippen molar-refractivity contribution in [1.29, 1.82) is 0 Å². The van der Waals surface area contributed by atoms with Gasteiger partial charge in [0.25, 0.3) is 11.5 Å². The number of amides is 1. The first kappa shape index (κ1) is 19.2. The zero-order valence-corrected chi connectivity index (χ0v) is 16.7. The minimum Gasteiger partial charge on any atom is -0.379 e. The van der Waals surface area contributed by atoms with Crippen LogP contribution < -0.4 is 10.9 Å². The van der Waals surface area contributed by atoms with Crippen molar-refractivity contribution in [2.24, 2.45) is 0 Å². The molecule has 1 aromatic carbocycles. The second-order valence-electron chi connectivity index (χ2n) is 7.11. The number of ether oxygens (including phenoxy) is 1. The Hall–Kier alpha value is -2.16. The number of aromatic nitrogens is 2. The molecule has 28 heavy (non-hydrogen) atoms. The van der Waals surface area contributed by atoms with E-state index in [1.54, 1.807) is 4.57 Å². The molecule has 3 heterocycles. The zero-order chi connectivity index (χ0) is 19.5. The molecular weight excluding hydrogens is 376 g/mol. The predicted octanol–water partition coefficient (Wildman–Crippen LogP) is 1.46. The molecule has 148 valence electrons. The maximum atomic E-state index is 12.9. The number of benzene rings is 1. The SMILES string of the molecule is Cc1ccc([C@H](CN2CCOCC2)NC(=O)c2cnc3n(c2=O)CCS3)cc1. The van der Waals surface area contributed by atoms with Crippen LogP contribution in [0.15, 0.2) is 40.4 Å². The lowest BCUT2D eigenvalue weighted by molar-refractivity contribution is 0.0332. The van der Waals surface area contributed by atoms with E-state index in [1.807, 2.05) is 31.2 Å². The number of nitrogens with one attached hydrogen (secondary N) is 1. The van der Waals surface area contributed by atoms with Gasteiger partial charge in [0, 0.05) is 38.1 Å². The molecule has 1 atom stereocenters. The van der Waals surface area contributed by atoms with Crippen LogP contribution in [0.3, 0.4) is 0 Å². The number of hydrogen-bond acceptors (Lipinski definition) is 6. The quantitative estimate of drug-likeness (QED) is 0.766. The van der Waals surface area contributed by atoms with Crippen LogP contribution in [-0.4, -0.2) is 59.0 Å². The first-order valence-corrected chi connectivity index (χ1v) is 10.5. The average Bonchev–Trinajstić information content (AvgIpc) is 3.19. The summed E-state index contributed by atoms with van der Waals surface area (Å²) in [5.41, 5.74) is 2.03. The molecule has 2 aliphatic rings. The number of nitrogens with zero attached hydrogens (tertiary/aromatic N) is 3. The van der Waals surface area contributed by atoms with Crippen LogP contribution in [0.5, 0.6) is 0 Å². The summed E-state index contributed by atoms with van der Waals surface area (Å²) in [6, 6.07) is 7.93. The molecular formula is C20H24N4O3S. The van der Waals surface area contributed by atoms with Crippen LogP contribution in [0.25, 0.3) is 0 Å². The van der Waals surface area contributed by atoms with Crippen molar-refractivity contribution in [1.82, 2.24) is 19.8 Å². The number of fused-ring (bicyclic) bond motifs is 1. The monoisotopic (exact) mass is 400 g/mol. The molecule has 2 aromatic rings. The van der Waals surface area contributed by atoms with Crippen LogP contribution >= 0.6 is 11.8 Å². The van der Waals surface area contributed by atoms with Gasteiger partial charge >= 0.3 is 0 Å². The molecule has 0 spiro atoms. The molecule has 2 aliphatic heterocycles. The summed E-state index contributed by atoms with van der Waals surface area (Å²) < 4.78 is 7.01. The number of carbonyl (C=O) groups is 1. The van der Waals surface area contributed by atoms with Gasteiger partial charge < -0.3 is 10.1 Å². The van der Waals surface area contributed by atoms with E-state index in [-0.39, 0.29) is 23.1 Å². The van der Waals surface area contributed by atoms with Crippen molar-refractivity contribution in [3.8, 4) is 0 Å². The largest absolute Gasteiger partial charge is 0.379 e. The number of aryl methyl sites for hydroxylation is 1. The zero-order valence-electron chi connectivity index (χ0n) is 15.9. The van der Waals surface area contributed by atoms with Gasteiger partial charge in [-0.05, 0) is 12.5 Å². The third-order valence-corrected chi connectivity index (χ3v) is 6.10. The van der Waals surface area contributed by atoms with Gasteiger partial charge in [0.1, 0.15) is 5.56 Å². The fourth-order valence-electron chi connectivity index (χ4n) is 3.48. The first-order valence-electron chi connectivity index (χ1n) is 9.52. The highest BCUT2D eigenvalue weighted by Gasteiger charge is 2.24. The molecule has 0 aliphatic carbocycles. The van der Waals surface area contributed by atoms with Crippen LogP contribution in [0.1, 0.15) is 27.5 Å². The lowest BCUT2D eigenvalue weighted by Crippen LogP contribution is -2.44. The average molecular weight is 401 g/mol. The van der Waals surface area contributed by atoms with E-state index in [0.29, 0.717) is 31.5 Å². The standard InChI is InChI=1S/C20H24N4O3S/c1-14-2-4-15(5-3-14)17(13-23-6-9-27-10-7-23)22-18(25)16-12-21-20-24(19(16)26)8-11-28-20/h2-5,12,17H,6-11,13H2,1H3,(H,22,25)/t17-/m0/s1. The highest BCUT2D eigenvalue weighted by molar-refractivity contribution is 7.99. The Kier molecular flexibility index (Phi) is 5.79. The van der Waals surface area contributed by atoms with Gasteiger partial charge in [-0.3, -0.25) is 19.1 Å². The third-order valence-electron chi connectivity index (χ3n) is 5.13. The minimum absolute atomic E-state index is 0.102. The number of morpholine rings is 1. The van der Waals surface area contributed by atoms with Gasteiger partial charge in [-0.1, -0.05) is 41.6 Å². The van der Waals surface area contributed by atoms with E-state index in [1.165, 1.54) is 23.5 Å². The lowest BCUT2D eigenvalue weighted by atomic mass is 10.0. The molecule has 1 N–H and O–H groups in total. The van der Waals surface area contributed by atoms with Gasteiger partial charge in [-0.2, -0.15) is 0 Å². The molecule has 1 amide bonds. The van der Waals surface area contributed by atoms with Crippen LogP contribution in [0.2, 0.25) is 0 Å². The highest BCUT2D eigenvalue weighted by atomic mass is 32.2. The summed E-state index contributed by atoms with van der Waals surface area (Å²) in [7, 11) is 0. The van der Waals surface area contributed by atoms with Crippen molar-refractivity contribution < 1.29 is 9.53 Å². The molecule has 1 aromatic heterocycles. The first-order chi connectivity index (χ1) is 13.6. The summed E-state index contributed by atoms with van der Waals surface area (Å²) in [4.78, 5) is 32.2. The number of carbonyl (C=O) groups excluding carboxylic acids is 1. The predicted molar refractivity (Wildman–Crippen MR) is 108 cm³/mol. The second-order valence-corrected chi connectivity index (χ2v) is 8.17. The summed E-state index contributed by atoms with van der Waals surface area (Å²) in [6.07, 6.45) is 1.41. The maximum absolute atomic E-state index is 12.9. The smallest absolute Gasteiger partial charge is 0.267 e. The van der Waals surface area contributed by atoms with Crippen molar-refractivity contribution in [3.05, 3.63) is 57.5 Å². The molecule has 1 saturated heterocycles. The van der Waals surface area contributed by atoms with Crippen molar-refractivity contribution in [2.75, 3.05) is 38.6 Å². The van der Waals surface area contributed by atoms with Gasteiger partial charge in [-0.25, -0.2) is 4.98 Å². The van der Waals surface area contributed by atoms with Crippen LogP contribution in [-0.2, 0) is 11.3 Å². The van der Waals surface area contributed by atoms with Gasteiger partial charge in [0.15, 0.2) is 5.16 Å². The van der Waals surface area contributed by atoms with E-state index in [2.05, 4.69) is 15.2 Å². The van der Waals surface area contributed by atoms with Gasteiger partial charge in [0.05, 0.1) is 19.3 Å². The Morgan fingerprint density at radius 2 is 2.00 bits per heavy atom. The van der Waals surface area contributed by atoms with Crippen molar-refractivity contribution in [3.63, 3.8) is 0 Å². The fourth-order valence-corrected chi connectivity index (χ4v) is 4.40. The molecule has 1 fully saturated rings. The van der Waals surface area contributed by atoms with E-state index in [4.69, 9.17) is 4.74 Å². The normalized spacial score (nSPS) is 17.9. The third kappa shape index (κ3) is 4.14. The number of hydrogen-bond donors (Lipinski definition) is 1. The Labute approximate surface area is 168 Å². The van der Waals surface area contributed by atoms with Crippen molar-refractivity contribution in [2.45, 2.75) is 24.7 Å². The number of rotatable bonds is 5. The summed E-state index contributed by atoms with van der Waals surface area (Å²) in [6.45, 7) is 6.37. The summed E-state index contributed by atoms with van der Waals surface area (Å²) >= 11 is 1.54. The summed E-state index contributed by atoms with van der Waals surface area (Å²) in [5, 5.41) is 3.75. The van der Waals surface area contributed by atoms with E-state index in [0.717, 1.165) is 24.4 Å². The Bertz CT molecular complexity index is 907. The van der Waals surface area contributed by atoms with Crippen molar-refractivity contribution >= 4 is 17.7 Å². The van der Waals surface area contributed by atoms with Gasteiger partial charge in [-0.15, -0.1) is 0 Å². The highest BCUT2D eigenvalue weighted by Crippen LogP contribution is 2.21. The van der Waals surface area contributed by atoms with E-state index in [9.17, 15) is 9.59 Å². The van der Waals surface area contributed by atoms with Crippen LogP contribution in [0, 0.1) is 6.92 Å². The van der Waals surface area contributed by atoms with E-state index >= 15 is 0 Å². The molecule has 0 unspecified atom stereocenters. The van der Waals surface area contributed by atoms with E-state index < -0.39 is 0 Å². The topological polar surface area (TPSA) is 76.5 Å². The summed E-state index contributed by atoms with van der Waals surface area (Å²) in [5.74, 6) is 0.444. The number of thioether (sulfide) groups is 1. The molecule has 7 nitrogen and oxygen atoms in total.